The molecule has 4 N–H and O–H groups in total. The summed E-state index contributed by atoms with van der Waals surface area (Å²) >= 11 is 3.53. The summed E-state index contributed by atoms with van der Waals surface area (Å²) in [5.41, 5.74) is 6.39. The van der Waals surface area contributed by atoms with Crippen LogP contribution in [0.1, 0.15) is 13.8 Å². The molecule has 5 nitrogen and oxygen atoms in total. The minimum atomic E-state index is -2.74. The van der Waals surface area contributed by atoms with Crippen LogP contribution in [0.15, 0.2) is 15.7 Å². The van der Waals surface area contributed by atoms with Crippen molar-refractivity contribution in [2.75, 3.05) is 6.54 Å². The molecule has 0 saturated carbocycles. The van der Waals surface area contributed by atoms with Crippen molar-refractivity contribution in [2.45, 2.75) is 20.3 Å². The standard InChI is InChI=1S/C9H15F2N3O2S/c1-9(2,8(15)16)4-14-13-3-5(12)6(17)7(10)11/h4,7,13,17H,3,12H2,1-2H3,(H,15,16)/b6-5-,14-4-. The monoisotopic (exact) mass is 267 g/mol. The van der Waals surface area contributed by atoms with Gasteiger partial charge in [0.05, 0.1) is 16.9 Å². The normalized spacial score (nSPS) is 14.0. The molecule has 0 aromatic carbocycles. The molecule has 0 unspecified atom stereocenters. The summed E-state index contributed by atoms with van der Waals surface area (Å²) in [6.45, 7) is 2.77. The van der Waals surface area contributed by atoms with Gasteiger partial charge in [0, 0.05) is 11.9 Å². The maximum Gasteiger partial charge on any atom is 0.314 e. The topological polar surface area (TPSA) is 87.7 Å². The van der Waals surface area contributed by atoms with Crippen molar-refractivity contribution in [3.8, 4) is 0 Å². The zero-order chi connectivity index (χ0) is 13.6. The Balaban J connectivity index is 4.31. The van der Waals surface area contributed by atoms with Crippen molar-refractivity contribution in [3.63, 3.8) is 0 Å². The summed E-state index contributed by atoms with van der Waals surface area (Å²) in [4.78, 5) is 10.2. The van der Waals surface area contributed by atoms with Crippen LogP contribution in [0.2, 0.25) is 0 Å². The number of halogens is 2. The van der Waals surface area contributed by atoms with Crippen molar-refractivity contribution in [1.82, 2.24) is 5.43 Å². The van der Waals surface area contributed by atoms with Crippen LogP contribution in [-0.2, 0) is 4.79 Å². The molecule has 17 heavy (non-hydrogen) atoms. The second-order valence-corrected chi connectivity index (χ2v) is 4.31. The second kappa shape index (κ2) is 6.43. The summed E-state index contributed by atoms with van der Waals surface area (Å²) in [7, 11) is 0. The van der Waals surface area contributed by atoms with E-state index in [-0.39, 0.29) is 12.2 Å². The largest absolute Gasteiger partial charge is 0.481 e. The molecule has 0 bridgehead atoms. The predicted molar refractivity (Wildman–Crippen MR) is 64.1 cm³/mol. The van der Waals surface area contributed by atoms with Crippen LogP contribution in [0.5, 0.6) is 0 Å². The van der Waals surface area contributed by atoms with Gasteiger partial charge in [-0.25, -0.2) is 8.78 Å². The van der Waals surface area contributed by atoms with Crippen molar-refractivity contribution >= 4 is 24.8 Å². The van der Waals surface area contributed by atoms with E-state index in [1.54, 1.807) is 0 Å². The van der Waals surface area contributed by atoms with Gasteiger partial charge in [-0.05, 0) is 13.8 Å². The quantitative estimate of drug-likeness (QED) is 0.329. The summed E-state index contributed by atoms with van der Waals surface area (Å²) in [5, 5.41) is 12.3. The fourth-order valence-corrected chi connectivity index (χ4v) is 0.703. The number of rotatable bonds is 6. The Labute approximate surface area is 103 Å². The van der Waals surface area contributed by atoms with Gasteiger partial charge in [-0.2, -0.15) is 5.10 Å². The average molecular weight is 267 g/mol. The number of carboxylic acids is 1. The molecule has 0 aliphatic rings. The number of carboxylic acid groups (broad SMARTS) is 1. The van der Waals surface area contributed by atoms with E-state index in [1.165, 1.54) is 13.8 Å². The second-order valence-electron chi connectivity index (χ2n) is 3.83. The van der Waals surface area contributed by atoms with E-state index in [4.69, 9.17) is 10.8 Å². The molecule has 0 fully saturated rings. The van der Waals surface area contributed by atoms with Gasteiger partial charge >= 0.3 is 5.97 Å². The van der Waals surface area contributed by atoms with Gasteiger partial charge in [0.15, 0.2) is 0 Å². The Bertz CT molecular complexity index is 343. The molecular weight excluding hydrogens is 252 g/mol. The van der Waals surface area contributed by atoms with Crippen LogP contribution < -0.4 is 11.2 Å². The third-order valence-electron chi connectivity index (χ3n) is 1.84. The van der Waals surface area contributed by atoms with Gasteiger partial charge in [-0.1, -0.05) is 0 Å². The van der Waals surface area contributed by atoms with E-state index < -0.39 is 22.7 Å². The highest BCUT2D eigenvalue weighted by molar-refractivity contribution is 7.84. The highest BCUT2D eigenvalue weighted by atomic mass is 32.1. The van der Waals surface area contributed by atoms with E-state index >= 15 is 0 Å². The number of aliphatic carboxylic acids is 1. The number of hydrogen-bond acceptors (Lipinski definition) is 5. The van der Waals surface area contributed by atoms with E-state index in [0.717, 1.165) is 6.21 Å². The van der Waals surface area contributed by atoms with Crippen LogP contribution in [-0.4, -0.2) is 30.3 Å². The number of alkyl halides is 2. The first-order valence-corrected chi connectivity index (χ1v) is 5.09. The molecule has 0 aliphatic carbocycles. The van der Waals surface area contributed by atoms with Gasteiger partial charge in [0.2, 0.25) is 0 Å². The zero-order valence-electron chi connectivity index (χ0n) is 9.44. The summed E-state index contributed by atoms with van der Waals surface area (Å²) in [6.07, 6.45) is -1.58. The first kappa shape index (κ1) is 15.7. The highest BCUT2D eigenvalue weighted by Gasteiger charge is 2.24. The van der Waals surface area contributed by atoms with Crippen molar-refractivity contribution in [3.05, 3.63) is 10.6 Å². The molecule has 0 aromatic heterocycles. The van der Waals surface area contributed by atoms with Gasteiger partial charge in [-0.3, -0.25) is 4.79 Å². The molecule has 0 amide bonds. The first-order valence-electron chi connectivity index (χ1n) is 4.64. The van der Waals surface area contributed by atoms with E-state index in [1.807, 2.05) is 0 Å². The maximum atomic E-state index is 12.1. The lowest BCUT2D eigenvalue weighted by molar-refractivity contribution is -0.143. The Morgan fingerprint density at radius 1 is 1.65 bits per heavy atom. The Hall–Kier alpha value is -1.31. The number of allylic oxidation sites excluding steroid dienone is 1. The van der Waals surface area contributed by atoms with Crippen LogP contribution >= 0.6 is 12.6 Å². The number of hydrogen-bond donors (Lipinski definition) is 4. The lowest BCUT2D eigenvalue weighted by Crippen LogP contribution is -2.27. The third-order valence-corrected chi connectivity index (χ3v) is 2.32. The molecule has 98 valence electrons. The molecule has 8 heteroatoms. The fraction of sp³-hybridized carbons (Fsp3) is 0.556. The molecule has 0 heterocycles. The van der Waals surface area contributed by atoms with E-state index in [2.05, 4.69) is 23.2 Å². The van der Waals surface area contributed by atoms with Crippen LogP contribution in [0.3, 0.4) is 0 Å². The Morgan fingerprint density at radius 2 is 2.18 bits per heavy atom. The minimum Gasteiger partial charge on any atom is -0.481 e. The third kappa shape index (κ3) is 5.53. The fourth-order valence-electron chi connectivity index (χ4n) is 0.624. The summed E-state index contributed by atoms with van der Waals surface area (Å²) in [6, 6.07) is 0. The van der Waals surface area contributed by atoms with Crippen LogP contribution in [0.25, 0.3) is 0 Å². The summed E-state index contributed by atoms with van der Waals surface area (Å²) < 4.78 is 24.2. The smallest absolute Gasteiger partial charge is 0.314 e. The average Bonchev–Trinajstić information content (AvgIpc) is 2.22. The highest BCUT2D eigenvalue weighted by Crippen LogP contribution is 2.14. The number of nitrogens with two attached hydrogens (primary N) is 1. The molecular formula is C9H15F2N3O2S. The van der Waals surface area contributed by atoms with Crippen LogP contribution in [0, 0.1) is 5.41 Å². The lowest BCUT2D eigenvalue weighted by atomic mass is 9.96. The predicted octanol–water partition coefficient (Wildman–Crippen LogP) is 1.04. The first-order chi connectivity index (χ1) is 7.68. The van der Waals surface area contributed by atoms with Gasteiger partial charge in [0.25, 0.3) is 6.43 Å². The van der Waals surface area contributed by atoms with Gasteiger partial charge < -0.3 is 16.3 Å². The van der Waals surface area contributed by atoms with E-state index in [9.17, 15) is 13.6 Å². The lowest BCUT2D eigenvalue weighted by Gasteiger charge is -2.12. The molecule has 0 rings (SSSR count). The van der Waals surface area contributed by atoms with Crippen molar-refractivity contribution in [1.29, 1.82) is 0 Å². The molecule has 0 aromatic rings. The minimum absolute atomic E-state index is 0.130. The van der Waals surface area contributed by atoms with Crippen LogP contribution in [0.4, 0.5) is 8.78 Å². The molecule has 0 saturated heterocycles. The number of nitrogens with one attached hydrogen (secondary N) is 1. The van der Waals surface area contributed by atoms with Crippen molar-refractivity contribution < 1.29 is 18.7 Å². The molecule has 0 spiro atoms. The van der Waals surface area contributed by atoms with E-state index in [0.29, 0.717) is 0 Å². The number of hydrazone groups is 1. The summed E-state index contributed by atoms with van der Waals surface area (Å²) in [5.74, 6) is -1.05. The molecule has 0 atom stereocenters. The maximum absolute atomic E-state index is 12.1. The Morgan fingerprint density at radius 3 is 2.59 bits per heavy atom. The Kier molecular flexibility index (Phi) is 5.94. The number of thiol groups is 1. The SMILES string of the molecule is CC(C)(/C=N\NC/C(N)=C(/S)C(F)F)C(=O)O. The number of carbonyl (C=O) groups is 1. The molecule has 0 radical (unpaired) electrons. The van der Waals surface area contributed by atoms with Crippen molar-refractivity contribution in [2.24, 2.45) is 16.3 Å². The molecule has 0 aliphatic heterocycles. The van der Waals surface area contributed by atoms with Gasteiger partial charge in [0.1, 0.15) is 0 Å². The number of nitrogens with zero attached hydrogens (tertiary/aromatic N) is 1. The zero-order valence-corrected chi connectivity index (χ0v) is 10.3. The van der Waals surface area contributed by atoms with Gasteiger partial charge in [-0.15, -0.1) is 12.6 Å².